The number of hydrogen-bond donors (Lipinski definition) is 2. The van der Waals surface area contributed by atoms with Gasteiger partial charge >= 0.3 is 0 Å². The van der Waals surface area contributed by atoms with Gasteiger partial charge in [0.2, 0.25) is 5.91 Å². The predicted octanol–water partition coefficient (Wildman–Crippen LogP) is 0.823. The van der Waals surface area contributed by atoms with Crippen LogP contribution in [-0.2, 0) is 9.53 Å². The van der Waals surface area contributed by atoms with Crippen LogP contribution in [0.2, 0.25) is 0 Å². The fraction of sp³-hybridized carbons (Fsp3) is 0.750. The Hall–Kier alpha value is -0.870. The molecule has 1 atom stereocenters. The van der Waals surface area contributed by atoms with Crippen molar-refractivity contribution >= 4 is 5.91 Å². The fourth-order valence-electron chi connectivity index (χ4n) is 1.49. The zero-order chi connectivity index (χ0) is 12.0. The Labute approximate surface area is 97.2 Å². The summed E-state index contributed by atoms with van der Waals surface area (Å²) in [5.74, 6) is 0.601. The first-order valence-electron chi connectivity index (χ1n) is 5.84. The Morgan fingerprint density at radius 2 is 2.31 bits per heavy atom. The van der Waals surface area contributed by atoms with Crippen molar-refractivity contribution in [1.29, 1.82) is 0 Å². The molecule has 16 heavy (non-hydrogen) atoms. The molecule has 1 aliphatic rings. The lowest BCUT2D eigenvalue weighted by atomic mass is 10.1. The SMILES string of the molecule is C=C(C)COCCNC(=O)CC(N)C1CC1. The van der Waals surface area contributed by atoms with Crippen LogP contribution in [0.1, 0.15) is 26.2 Å². The van der Waals surface area contributed by atoms with Gasteiger partial charge in [-0.1, -0.05) is 12.2 Å². The molecular formula is C12H22N2O2. The normalized spacial score (nSPS) is 16.9. The molecule has 3 N–H and O–H groups in total. The summed E-state index contributed by atoms with van der Waals surface area (Å²) in [6.07, 6.45) is 2.79. The summed E-state index contributed by atoms with van der Waals surface area (Å²) in [4.78, 5) is 11.4. The highest BCUT2D eigenvalue weighted by Gasteiger charge is 2.29. The first-order valence-corrected chi connectivity index (χ1v) is 5.84. The Balaban J connectivity index is 1.95. The van der Waals surface area contributed by atoms with Crippen LogP contribution in [0.3, 0.4) is 0 Å². The van der Waals surface area contributed by atoms with Gasteiger partial charge in [0, 0.05) is 19.0 Å². The third-order valence-corrected chi connectivity index (χ3v) is 2.57. The molecule has 1 amide bonds. The maximum atomic E-state index is 11.4. The van der Waals surface area contributed by atoms with Gasteiger partial charge in [-0.25, -0.2) is 0 Å². The molecule has 0 aromatic rings. The molecule has 4 heteroatoms. The maximum Gasteiger partial charge on any atom is 0.221 e. The van der Waals surface area contributed by atoms with E-state index in [0.29, 0.717) is 32.1 Å². The van der Waals surface area contributed by atoms with Crippen LogP contribution in [0.15, 0.2) is 12.2 Å². The third kappa shape index (κ3) is 5.88. The zero-order valence-corrected chi connectivity index (χ0v) is 10.00. The lowest BCUT2D eigenvalue weighted by molar-refractivity contribution is -0.121. The van der Waals surface area contributed by atoms with Crippen molar-refractivity contribution in [2.45, 2.75) is 32.2 Å². The standard InChI is InChI=1S/C12H22N2O2/c1-9(2)8-16-6-5-14-12(15)7-11(13)10-3-4-10/h10-11H,1,3-8,13H2,2H3,(H,14,15). The van der Waals surface area contributed by atoms with E-state index in [1.54, 1.807) is 0 Å². The third-order valence-electron chi connectivity index (χ3n) is 2.57. The summed E-state index contributed by atoms with van der Waals surface area (Å²) in [6, 6.07) is 0.0383. The van der Waals surface area contributed by atoms with Gasteiger partial charge in [0.25, 0.3) is 0 Å². The molecular weight excluding hydrogens is 204 g/mol. The first-order chi connectivity index (χ1) is 7.59. The van der Waals surface area contributed by atoms with E-state index in [1.165, 1.54) is 12.8 Å². The van der Waals surface area contributed by atoms with E-state index in [0.717, 1.165) is 5.57 Å². The van der Waals surface area contributed by atoms with Gasteiger partial charge < -0.3 is 15.8 Å². The average molecular weight is 226 g/mol. The number of nitrogens with two attached hydrogens (primary N) is 1. The second kappa shape index (κ2) is 6.66. The van der Waals surface area contributed by atoms with Crippen molar-refractivity contribution in [2.24, 2.45) is 11.7 Å². The number of amides is 1. The van der Waals surface area contributed by atoms with Crippen molar-refractivity contribution in [2.75, 3.05) is 19.8 Å². The van der Waals surface area contributed by atoms with Gasteiger partial charge in [0.05, 0.1) is 13.2 Å². The quantitative estimate of drug-likeness (QED) is 0.476. The monoisotopic (exact) mass is 226 g/mol. The van der Waals surface area contributed by atoms with Crippen LogP contribution < -0.4 is 11.1 Å². The van der Waals surface area contributed by atoms with Gasteiger partial charge in [-0.2, -0.15) is 0 Å². The largest absolute Gasteiger partial charge is 0.375 e. The van der Waals surface area contributed by atoms with E-state index in [1.807, 2.05) is 6.92 Å². The number of rotatable bonds is 8. The lowest BCUT2D eigenvalue weighted by Gasteiger charge is -2.10. The van der Waals surface area contributed by atoms with Gasteiger partial charge in [0.1, 0.15) is 0 Å². The molecule has 1 unspecified atom stereocenters. The minimum Gasteiger partial charge on any atom is -0.375 e. The molecule has 0 saturated heterocycles. The minimum atomic E-state index is 0.0262. The molecule has 0 radical (unpaired) electrons. The lowest BCUT2D eigenvalue weighted by Crippen LogP contribution is -2.34. The fourth-order valence-corrected chi connectivity index (χ4v) is 1.49. The highest BCUT2D eigenvalue weighted by molar-refractivity contribution is 5.76. The molecule has 92 valence electrons. The van der Waals surface area contributed by atoms with Crippen LogP contribution in [0.5, 0.6) is 0 Å². The van der Waals surface area contributed by atoms with Crippen molar-refractivity contribution in [1.82, 2.24) is 5.32 Å². The van der Waals surface area contributed by atoms with E-state index < -0.39 is 0 Å². The molecule has 0 bridgehead atoms. The summed E-state index contributed by atoms with van der Waals surface area (Å²) < 4.78 is 5.26. The molecule has 0 aromatic carbocycles. The van der Waals surface area contributed by atoms with Crippen molar-refractivity contribution in [3.63, 3.8) is 0 Å². The molecule has 1 aliphatic carbocycles. The van der Waals surface area contributed by atoms with Crippen LogP contribution >= 0.6 is 0 Å². The zero-order valence-electron chi connectivity index (χ0n) is 10.00. The van der Waals surface area contributed by atoms with Crippen molar-refractivity contribution in [3.8, 4) is 0 Å². The van der Waals surface area contributed by atoms with E-state index in [-0.39, 0.29) is 11.9 Å². The Bertz CT molecular complexity index is 249. The van der Waals surface area contributed by atoms with Gasteiger partial charge in [-0.3, -0.25) is 4.79 Å². The van der Waals surface area contributed by atoms with Gasteiger partial charge in [0.15, 0.2) is 0 Å². The van der Waals surface area contributed by atoms with E-state index >= 15 is 0 Å². The molecule has 0 aromatic heterocycles. The van der Waals surface area contributed by atoms with E-state index in [9.17, 15) is 4.79 Å². The number of ether oxygens (including phenoxy) is 1. The number of hydrogen-bond acceptors (Lipinski definition) is 3. The number of carbonyl (C=O) groups excluding carboxylic acids is 1. The highest BCUT2D eigenvalue weighted by Crippen LogP contribution is 2.32. The second-order valence-corrected chi connectivity index (χ2v) is 4.57. The van der Waals surface area contributed by atoms with Crippen LogP contribution in [-0.4, -0.2) is 31.7 Å². The van der Waals surface area contributed by atoms with E-state index in [2.05, 4.69) is 11.9 Å². The minimum absolute atomic E-state index is 0.0262. The average Bonchev–Trinajstić information content (AvgIpc) is 2.99. The van der Waals surface area contributed by atoms with Gasteiger partial charge in [-0.15, -0.1) is 0 Å². The number of carbonyl (C=O) groups is 1. The molecule has 0 heterocycles. The van der Waals surface area contributed by atoms with Gasteiger partial charge in [-0.05, 0) is 25.7 Å². The van der Waals surface area contributed by atoms with Crippen LogP contribution in [0.4, 0.5) is 0 Å². The maximum absolute atomic E-state index is 11.4. The van der Waals surface area contributed by atoms with Crippen LogP contribution in [0, 0.1) is 5.92 Å². The first kappa shape index (κ1) is 13.2. The summed E-state index contributed by atoms with van der Waals surface area (Å²) in [5.41, 5.74) is 6.83. The molecule has 1 fully saturated rings. The Morgan fingerprint density at radius 3 is 2.88 bits per heavy atom. The summed E-state index contributed by atoms with van der Waals surface area (Å²) >= 11 is 0. The summed E-state index contributed by atoms with van der Waals surface area (Å²) in [7, 11) is 0. The molecule has 4 nitrogen and oxygen atoms in total. The molecule has 0 spiro atoms. The summed E-state index contributed by atoms with van der Waals surface area (Å²) in [5, 5.41) is 2.80. The molecule has 1 saturated carbocycles. The predicted molar refractivity (Wildman–Crippen MR) is 64.0 cm³/mol. The van der Waals surface area contributed by atoms with Crippen LogP contribution in [0.25, 0.3) is 0 Å². The Morgan fingerprint density at radius 1 is 1.62 bits per heavy atom. The topological polar surface area (TPSA) is 64.3 Å². The smallest absolute Gasteiger partial charge is 0.221 e. The molecule has 1 rings (SSSR count). The molecule has 0 aliphatic heterocycles. The number of nitrogens with one attached hydrogen (secondary N) is 1. The Kier molecular flexibility index (Phi) is 5.49. The second-order valence-electron chi connectivity index (χ2n) is 4.57. The highest BCUT2D eigenvalue weighted by atomic mass is 16.5. The van der Waals surface area contributed by atoms with E-state index in [4.69, 9.17) is 10.5 Å². The van der Waals surface area contributed by atoms with Crippen molar-refractivity contribution in [3.05, 3.63) is 12.2 Å². The van der Waals surface area contributed by atoms with Crippen molar-refractivity contribution < 1.29 is 9.53 Å². The summed E-state index contributed by atoms with van der Waals surface area (Å²) in [6.45, 7) is 7.26.